The lowest BCUT2D eigenvalue weighted by Gasteiger charge is -2.17. The van der Waals surface area contributed by atoms with Crippen molar-refractivity contribution in [2.45, 2.75) is 19.0 Å². The molecule has 0 radical (unpaired) electrons. The molecular weight excluding hydrogens is 302 g/mol. The molecule has 0 bridgehead atoms. The molecule has 1 aliphatic rings. The summed E-state index contributed by atoms with van der Waals surface area (Å²) in [7, 11) is 1.59. The molecule has 0 unspecified atom stereocenters. The van der Waals surface area contributed by atoms with Crippen LogP contribution in [0, 0.1) is 0 Å². The zero-order chi connectivity index (χ0) is 16.8. The average Bonchev–Trinajstić information content (AvgIpc) is 3.03. The highest BCUT2D eigenvalue weighted by atomic mass is 16.5. The van der Waals surface area contributed by atoms with Crippen molar-refractivity contribution in [3.05, 3.63) is 60.2 Å². The number of nitrogens with one attached hydrogen (secondary N) is 2. The number of benzene rings is 2. The van der Waals surface area contributed by atoms with E-state index in [4.69, 9.17) is 4.74 Å². The maximum atomic E-state index is 12.2. The van der Waals surface area contributed by atoms with Crippen molar-refractivity contribution in [2.24, 2.45) is 0 Å². The quantitative estimate of drug-likeness (QED) is 0.888. The van der Waals surface area contributed by atoms with Gasteiger partial charge in [-0.3, -0.25) is 4.90 Å². The molecule has 0 saturated carbocycles. The molecule has 1 heterocycles. The van der Waals surface area contributed by atoms with E-state index >= 15 is 0 Å². The van der Waals surface area contributed by atoms with Crippen molar-refractivity contribution in [3.8, 4) is 5.75 Å². The lowest BCUT2D eigenvalue weighted by Crippen LogP contribution is -2.39. The zero-order valence-corrected chi connectivity index (χ0v) is 13.9. The number of hydrogen-bond donors (Lipinski definition) is 2. The van der Waals surface area contributed by atoms with E-state index < -0.39 is 0 Å². The topological polar surface area (TPSA) is 53.6 Å². The molecule has 1 fully saturated rings. The van der Waals surface area contributed by atoms with Gasteiger partial charge in [-0.25, -0.2) is 4.79 Å². The second kappa shape index (κ2) is 7.84. The minimum Gasteiger partial charge on any atom is -0.495 e. The lowest BCUT2D eigenvalue weighted by atomic mass is 10.2. The van der Waals surface area contributed by atoms with Crippen LogP contribution in [0.25, 0.3) is 0 Å². The number of nitrogens with zero attached hydrogens (tertiary/aromatic N) is 1. The lowest BCUT2D eigenvalue weighted by molar-refractivity contribution is 0.247. The maximum Gasteiger partial charge on any atom is 0.319 e. The van der Waals surface area contributed by atoms with Crippen molar-refractivity contribution in [1.29, 1.82) is 0 Å². The third-order valence-corrected chi connectivity index (χ3v) is 4.21. The Balaban J connectivity index is 1.49. The number of amides is 2. The van der Waals surface area contributed by atoms with E-state index in [0.29, 0.717) is 11.4 Å². The van der Waals surface area contributed by atoms with E-state index in [-0.39, 0.29) is 12.1 Å². The number of carbonyl (C=O) groups is 1. The first-order valence-electron chi connectivity index (χ1n) is 8.21. The van der Waals surface area contributed by atoms with Gasteiger partial charge in [-0.15, -0.1) is 0 Å². The van der Waals surface area contributed by atoms with E-state index in [1.54, 1.807) is 7.11 Å². The molecule has 5 nitrogen and oxygen atoms in total. The monoisotopic (exact) mass is 325 g/mol. The first-order chi connectivity index (χ1) is 11.7. The molecule has 5 heteroatoms. The van der Waals surface area contributed by atoms with Crippen molar-refractivity contribution < 1.29 is 9.53 Å². The van der Waals surface area contributed by atoms with E-state index in [9.17, 15) is 4.79 Å². The Labute approximate surface area is 142 Å². The van der Waals surface area contributed by atoms with Crippen LogP contribution in [0.1, 0.15) is 12.0 Å². The highest BCUT2D eigenvalue weighted by Gasteiger charge is 2.24. The molecule has 2 aromatic rings. The van der Waals surface area contributed by atoms with Gasteiger partial charge in [0.2, 0.25) is 0 Å². The van der Waals surface area contributed by atoms with Crippen LogP contribution in [0.15, 0.2) is 54.6 Å². The molecule has 3 rings (SSSR count). The van der Waals surface area contributed by atoms with Crippen molar-refractivity contribution in [3.63, 3.8) is 0 Å². The van der Waals surface area contributed by atoms with Crippen molar-refractivity contribution in [2.75, 3.05) is 25.5 Å². The van der Waals surface area contributed by atoms with Gasteiger partial charge < -0.3 is 15.4 Å². The largest absolute Gasteiger partial charge is 0.495 e. The normalized spacial score (nSPS) is 17.5. The third-order valence-electron chi connectivity index (χ3n) is 4.21. The van der Waals surface area contributed by atoms with Gasteiger partial charge in [0.05, 0.1) is 12.8 Å². The van der Waals surface area contributed by atoms with E-state index in [1.807, 2.05) is 30.3 Å². The van der Waals surface area contributed by atoms with Crippen LogP contribution in [-0.4, -0.2) is 37.2 Å². The molecule has 24 heavy (non-hydrogen) atoms. The molecule has 2 N–H and O–H groups in total. The Kier molecular flexibility index (Phi) is 5.33. The SMILES string of the molecule is COc1ccccc1NC(=O)N[C@H]1CCN(Cc2ccccc2)C1. The average molecular weight is 325 g/mol. The molecular formula is C19H23N3O2. The zero-order valence-electron chi connectivity index (χ0n) is 13.9. The van der Waals surface area contributed by atoms with Gasteiger partial charge in [0.1, 0.15) is 5.75 Å². The number of likely N-dealkylation sites (tertiary alicyclic amines) is 1. The van der Waals surface area contributed by atoms with Gasteiger partial charge in [0.15, 0.2) is 0 Å². The molecule has 1 saturated heterocycles. The first kappa shape index (κ1) is 16.3. The summed E-state index contributed by atoms with van der Waals surface area (Å²) >= 11 is 0. The third kappa shape index (κ3) is 4.26. The van der Waals surface area contributed by atoms with Crippen LogP contribution in [0.2, 0.25) is 0 Å². The van der Waals surface area contributed by atoms with Crippen molar-refractivity contribution >= 4 is 11.7 Å². The molecule has 1 atom stereocenters. The molecule has 0 aromatic heterocycles. The molecule has 126 valence electrons. The summed E-state index contributed by atoms with van der Waals surface area (Å²) in [6.45, 7) is 2.79. The number of para-hydroxylation sites is 2. The van der Waals surface area contributed by atoms with Crippen LogP contribution in [0.4, 0.5) is 10.5 Å². The molecule has 0 spiro atoms. The minimum absolute atomic E-state index is 0.170. The Morgan fingerprint density at radius 1 is 1.17 bits per heavy atom. The fourth-order valence-corrected chi connectivity index (χ4v) is 3.03. The number of hydrogen-bond acceptors (Lipinski definition) is 3. The summed E-state index contributed by atoms with van der Waals surface area (Å²) in [5.41, 5.74) is 1.98. The van der Waals surface area contributed by atoms with Gasteiger partial charge in [-0.2, -0.15) is 0 Å². The fraction of sp³-hybridized carbons (Fsp3) is 0.316. The summed E-state index contributed by atoms with van der Waals surface area (Å²) in [5, 5.41) is 5.91. The van der Waals surface area contributed by atoms with Crippen LogP contribution >= 0.6 is 0 Å². The summed E-state index contributed by atoms with van der Waals surface area (Å²) in [4.78, 5) is 14.6. The second-order valence-corrected chi connectivity index (χ2v) is 6.01. The smallest absolute Gasteiger partial charge is 0.319 e. The Morgan fingerprint density at radius 2 is 1.92 bits per heavy atom. The number of anilines is 1. The number of urea groups is 1. The highest BCUT2D eigenvalue weighted by Crippen LogP contribution is 2.23. The molecule has 0 aliphatic carbocycles. The fourth-order valence-electron chi connectivity index (χ4n) is 3.03. The van der Waals surface area contributed by atoms with Gasteiger partial charge in [0.25, 0.3) is 0 Å². The molecule has 2 aromatic carbocycles. The molecule has 1 aliphatic heterocycles. The van der Waals surface area contributed by atoms with Gasteiger partial charge in [0, 0.05) is 25.7 Å². The van der Waals surface area contributed by atoms with Crippen LogP contribution in [-0.2, 0) is 6.54 Å². The van der Waals surface area contributed by atoms with Gasteiger partial charge >= 0.3 is 6.03 Å². The maximum absolute atomic E-state index is 12.2. The van der Waals surface area contributed by atoms with Gasteiger partial charge in [-0.05, 0) is 24.1 Å². The number of ether oxygens (including phenoxy) is 1. The number of methoxy groups -OCH3 is 1. The summed E-state index contributed by atoms with van der Waals surface area (Å²) in [6, 6.07) is 17.8. The van der Waals surface area contributed by atoms with E-state index in [0.717, 1.165) is 26.1 Å². The Bertz CT molecular complexity index is 675. The summed E-state index contributed by atoms with van der Waals surface area (Å²) < 4.78 is 5.25. The second-order valence-electron chi connectivity index (χ2n) is 6.01. The van der Waals surface area contributed by atoms with Crippen LogP contribution in [0.5, 0.6) is 5.75 Å². The van der Waals surface area contributed by atoms with E-state index in [2.05, 4.69) is 39.8 Å². The molecule has 2 amide bonds. The Morgan fingerprint density at radius 3 is 2.71 bits per heavy atom. The predicted molar refractivity (Wildman–Crippen MR) is 95.3 cm³/mol. The minimum atomic E-state index is -0.189. The summed E-state index contributed by atoms with van der Waals surface area (Å²) in [5.74, 6) is 0.657. The van der Waals surface area contributed by atoms with Crippen LogP contribution in [0.3, 0.4) is 0 Å². The highest BCUT2D eigenvalue weighted by molar-refractivity contribution is 5.91. The van der Waals surface area contributed by atoms with Gasteiger partial charge in [-0.1, -0.05) is 42.5 Å². The number of carbonyl (C=O) groups excluding carboxylic acids is 1. The Hall–Kier alpha value is -2.53. The summed E-state index contributed by atoms with van der Waals surface area (Å²) in [6.07, 6.45) is 0.964. The first-order valence-corrected chi connectivity index (χ1v) is 8.21. The van der Waals surface area contributed by atoms with E-state index in [1.165, 1.54) is 5.56 Å². The predicted octanol–water partition coefficient (Wildman–Crippen LogP) is 3.09. The number of rotatable bonds is 5. The van der Waals surface area contributed by atoms with Crippen molar-refractivity contribution in [1.82, 2.24) is 10.2 Å². The standard InChI is InChI=1S/C19H23N3O2/c1-24-18-10-6-5-9-17(18)21-19(23)20-16-11-12-22(14-16)13-15-7-3-2-4-8-15/h2-10,16H,11-14H2,1H3,(H2,20,21,23)/t16-/m0/s1. The van der Waals surface area contributed by atoms with Crippen LogP contribution < -0.4 is 15.4 Å².